The molecule has 196 valence electrons. The first-order valence-corrected chi connectivity index (χ1v) is 14.9. The molecule has 0 radical (unpaired) electrons. The zero-order valence-corrected chi connectivity index (χ0v) is 22.2. The number of carbonyl (C=O) groups is 2. The number of ether oxygens (including phenoxy) is 2. The van der Waals surface area contributed by atoms with E-state index in [4.69, 9.17) is 9.47 Å². The van der Waals surface area contributed by atoms with Crippen molar-refractivity contribution in [3.63, 3.8) is 0 Å². The van der Waals surface area contributed by atoms with Crippen LogP contribution in [0.2, 0.25) is 0 Å². The summed E-state index contributed by atoms with van der Waals surface area (Å²) in [5, 5.41) is 0. The van der Waals surface area contributed by atoms with E-state index in [0.717, 1.165) is 37.5 Å². The van der Waals surface area contributed by atoms with E-state index in [-0.39, 0.29) is 23.8 Å². The monoisotopic (exact) mass is 476 g/mol. The van der Waals surface area contributed by atoms with Gasteiger partial charge in [-0.15, -0.1) is 0 Å². The maximum atomic E-state index is 13.0. The van der Waals surface area contributed by atoms with Gasteiger partial charge in [-0.25, -0.2) is 0 Å². The second kappa shape index (κ2) is 15.1. The second-order valence-electron chi connectivity index (χ2n) is 11.8. The van der Waals surface area contributed by atoms with Crippen LogP contribution < -0.4 is 0 Å². The summed E-state index contributed by atoms with van der Waals surface area (Å²) < 4.78 is 11.6. The van der Waals surface area contributed by atoms with Crippen LogP contribution in [0.3, 0.4) is 0 Å². The van der Waals surface area contributed by atoms with Crippen LogP contribution in [0.5, 0.6) is 0 Å². The fraction of sp³-hybridized carbons (Fsp3) is 0.933. The van der Waals surface area contributed by atoms with Crippen LogP contribution in [0.15, 0.2) is 0 Å². The summed E-state index contributed by atoms with van der Waals surface area (Å²) >= 11 is 0. The lowest BCUT2D eigenvalue weighted by atomic mass is 9.78. The third-order valence-corrected chi connectivity index (χ3v) is 9.16. The lowest BCUT2D eigenvalue weighted by Crippen LogP contribution is -2.36. The Balaban J connectivity index is 1.37. The third-order valence-electron chi connectivity index (χ3n) is 9.16. The second-order valence-corrected chi connectivity index (χ2v) is 11.8. The Kier molecular flexibility index (Phi) is 12.3. The van der Waals surface area contributed by atoms with Gasteiger partial charge in [0.15, 0.2) is 0 Å². The third kappa shape index (κ3) is 8.86. The normalized spacial score (nSPS) is 32.2. The van der Waals surface area contributed by atoms with E-state index >= 15 is 0 Å². The van der Waals surface area contributed by atoms with Gasteiger partial charge in [-0.1, -0.05) is 90.9 Å². The smallest absolute Gasteiger partial charge is 0.309 e. The molecule has 0 aromatic rings. The lowest BCUT2D eigenvalue weighted by Gasteiger charge is -2.32. The molecule has 3 aliphatic carbocycles. The molecule has 2 unspecified atom stereocenters. The first-order chi connectivity index (χ1) is 16.6. The Morgan fingerprint density at radius 3 is 1.26 bits per heavy atom. The number of esters is 2. The molecule has 4 nitrogen and oxygen atoms in total. The summed E-state index contributed by atoms with van der Waals surface area (Å²) in [5.74, 6) is 1.86. The van der Waals surface area contributed by atoms with E-state index in [1.165, 1.54) is 89.9 Å². The van der Waals surface area contributed by atoms with Crippen LogP contribution in [0, 0.1) is 35.5 Å². The Labute approximate surface area is 209 Å². The molecule has 0 aliphatic heterocycles. The maximum absolute atomic E-state index is 13.0. The molecule has 3 rings (SSSR count). The minimum Gasteiger partial charge on any atom is -0.465 e. The minimum atomic E-state index is -0.299. The highest BCUT2D eigenvalue weighted by Crippen LogP contribution is 2.36. The van der Waals surface area contributed by atoms with Crippen LogP contribution >= 0.6 is 0 Å². The van der Waals surface area contributed by atoms with Crippen LogP contribution in [0.4, 0.5) is 0 Å². The van der Waals surface area contributed by atoms with Gasteiger partial charge in [-0.3, -0.25) is 9.59 Å². The molecule has 0 N–H and O–H groups in total. The van der Waals surface area contributed by atoms with Crippen LogP contribution in [-0.2, 0) is 19.1 Å². The van der Waals surface area contributed by atoms with E-state index in [9.17, 15) is 9.59 Å². The highest BCUT2D eigenvalue weighted by atomic mass is 16.5. The Hall–Kier alpha value is -1.06. The van der Waals surface area contributed by atoms with Gasteiger partial charge < -0.3 is 9.47 Å². The first-order valence-electron chi connectivity index (χ1n) is 14.9. The van der Waals surface area contributed by atoms with Crippen LogP contribution in [0.1, 0.15) is 129 Å². The van der Waals surface area contributed by atoms with Gasteiger partial charge in [-0.05, 0) is 62.2 Å². The molecule has 2 atom stereocenters. The SMILES string of the molecule is CCCCC1CCC(COC(=O)C2CCCCC2C(=O)OCC2CCC(CCCC)CC2)CC1. The highest BCUT2D eigenvalue weighted by Gasteiger charge is 2.38. The number of hydrogen-bond acceptors (Lipinski definition) is 4. The Bertz CT molecular complexity index is 535. The summed E-state index contributed by atoms with van der Waals surface area (Å²) in [6.07, 6.45) is 21.3. The van der Waals surface area contributed by atoms with E-state index < -0.39 is 0 Å². The molecule has 0 spiro atoms. The number of rotatable bonds is 12. The molecule has 34 heavy (non-hydrogen) atoms. The van der Waals surface area contributed by atoms with Gasteiger partial charge in [0.2, 0.25) is 0 Å². The fourth-order valence-electron chi connectivity index (χ4n) is 6.67. The van der Waals surface area contributed by atoms with Gasteiger partial charge in [0, 0.05) is 0 Å². The number of hydrogen-bond donors (Lipinski definition) is 0. The lowest BCUT2D eigenvalue weighted by molar-refractivity contribution is -0.164. The predicted molar refractivity (Wildman–Crippen MR) is 137 cm³/mol. The van der Waals surface area contributed by atoms with Crippen molar-refractivity contribution in [2.75, 3.05) is 13.2 Å². The zero-order chi connectivity index (χ0) is 24.2. The quantitative estimate of drug-likeness (QED) is 0.269. The van der Waals surface area contributed by atoms with Gasteiger partial charge in [0.05, 0.1) is 25.0 Å². The molecule has 0 aromatic carbocycles. The molecule has 3 fully saturated rings. The summed E-state index contributed by atoms with van der Waals surface area (Å²) in [5.41, 5.74) is 0. The van der Waals surface area contributed by atoms with Crippen molar-refractivity contribution in [3.05, 3.63) is 0 Å². The summed E-state index contributed by atoms with van der Waals surface area (Å²) in [7, 11) is 0. The molecule has 3 aliphatic rings. The van der Waals surface area contributed by atoms with Gasteiger partial charge in [0.25, 0.3) is 0 Å². The Morgan fingerprint density at radius 2 is 0.912 bits per heavy atom. The van der Waals surface area contributed by atoms with Crippen molar-refractivity contribution in [1.29, 1.82) is 0 Å². The average molecular weight is 477 g/mol. The molecule has 3 saturated carbocycles. The van der Waals surface area contributed by atoms with Crippen molar-refractivity contribution in [1.82, 2.24) is 0 Å². The summed E-state index contributed by atoms with van der Waals surface area (Å²) in [4.78, 5) is 25.9. The van der Waals surface area contributed by atoms with Crippen LogP contribution in [-0.4, -0.2) is 25.2 Å². The molecule has 0 aromatic heterocycles. The maximum Gasteiger partial charge on any atom is 0.309 e. The fourth-order valence-corrected chi connectivity index (χ4v) is 6.67. The molecule has 0 saturated heterocycles. The molecule has 0 amide bonds. The van der Waals surface area contributed by atoms with Gasteiger partial charge in [0.1, 0.15) is 0 Å². The van der Waals surface area contributed by atoms with Crippen molar-refractivity contribution in [3.8, 4) is 0 Å². The number of carbonyl (C=O) groups excluding carboxylic acids is 2. The largest absolute Gasteiger partial charge is 0.465 e. The minimum absolute atomic E-state index is 0.147. The van der Waals surface area contributed by atoms with Gasteiger partial charge >= 0.3 is 11.9 Å². The number of unbranched alkanes of at least 4 members (excludes halogenated alkanes) is 2. The van der Waals surface area contributed by atoms with Crippen molar-refractivity contribution in [2.24, 2.45) is 35.5 Å². The van der Waals surface area contributed by atoms with E-state index in [2.05, 4.69) is 13.8 Å². The molecular formula is C30H52O4. The molecule has 0 heterocycles. The molecule has 0 bridgehead atoms. The van der Waals surface area contributed by atoms with Crippen molar-refractivity contribution < 1.29 is 19.1 Å². The average Bonchev–Trinajstić information content (AvgIpc) is 2.89. The van der Waals surface area contributed by atoms with E-state index in [1.54, 1.807) is 0 Å². The Morgan fingerprint density at radius 1 is 0.559 bits per heavy atom. The summed E-state index contributed by atoms with van der Waals surface area (Å²) in [6, 6.07) is 0. The topological polar surface area (TPSA) is 52.6 Å². The van der Waals surface area contributed by atoms with Gasteiger partial charge in [-0.2, -0.15) is 0 Å². The summed E-state index contributed by atoms with van der Waals surface area (Å²) in [6.45, 7) is 5.61. The van der Waals surface area contributed by atoms with E-state index in [0.29, 0.717) is 25.0 Å². The first kappa shape index (κ1) is 27.5. The van der Waals surface area contributed by atoms with E-state index in [1.807, 2.05) is 0 Å². The van der Waals surface area contributed by atoms with Crippen molar-refractivity contribution in [2.45, 2.75) is 129 Å². The van der Waals surface area contributed by atoms with Crippen LogP contribution in [0.25, 0.3) is 0 Å². The molecular weight excluding hydrogens is 424 g/mol. The highest BCUT2D eigenvalue weighted by molar-refractivity contribution is 5.82. The zero-order valence-electron chi connectivity index (χ0n) is 22.2. The predicted octanol–water partition coefficient (Wildman–Crippen LogP) is 7.87. The molecule has 4 heteroatoms. The standard InChI is InChI=1S/C30H52O4/c1-3-5-9-23-13-17-25(18-14-23)21-33-29(31)27-11-7-8-12-28(27)30(32)34-22-26-19-15-24(16-20-26)10-6-4-2/h23-28H,3-22H2,1-2H3. The van der Waals surface area contributed by atoms with Crippen molar-refractivity contribution >= 4 is 11.9 Å².